The monoisotopic (exact) mass is 396 g/mol. The third-order valence-corrected chi connectivity index (χ3v) is 6.36. The van der Waals surface area contributed by atoms with Crippen LogP contribution in [-0.2, 0) is 10.0 Å². The minimum absolute atomic E-state index is 0. The molecule has 120 valence electrons. The van der Waals surface area contributed by atoms with Crippen molar-refractivity contribution in [3.8, 4) is 0 Å². The van der Waals surface area contributed by atoms with E-state index in [0.29, 0.717) is 15.9 Å². The van der Waals surface area contributed by atoms with E-state index >= 15 is 0 Å². The molecule has 1 aromatic rings. The summed E-state index contributed by atoms with van der Waals surface area (Å²) in [6.07, 6.45) is 4.05. The highest BCUT2D eigenvalue weighted by Crippen LogP contribution is 2.27. The predicted octanol–water partition coefficient (Wildman–Crippen LogP) is 2.98. The lowest BCUT2D eigenvalue weighted by atomic mass is 9.85. The largest absolute Gasteiger partial charge is 0.330 e. The van der Waals surface area contributed by atoms with Crippen LogP contribution in [0.25, 0.3) is 0 Å². The third kappa shape index (κ3) is 4.66. The molecule has 1 fully saturated rings. The standard InChI is InChI=1S/C14H21BrN2O2S.ClH/c1-10-6-7-14(12(15)8-10)20(18,19)17-13-5-3-2-4-11(13)9-16;/h6-8,11,13,17H,2-5,9,16H2,1H3;1H. The molecule has 1 aliphatic rings. The Hall–Kier alpha value is -0.140. The molecule has 7 heteroatoms. The molecule has 2 atom stereocenters. The zero-order valence-electron chi connectivity index (χ0n) is 12.0. The van der Waals surface area contributed by atoms with Crippen molar-refractivity contribution in [1.29, 1.82) is 0 Å². The van der Waals surface area contributed by atoms with E-state index in [9.17, 15) is 8.42 Å². The van der Waals surface area contributed by atoms with Gasteiger partial charge in [-0.2, -0.15) is 0 Å². The summed E-state index contributed by atoms with van der Waals surface area (Å²) in [6.45, 7) is 2.46. The summed E-state index contributed by atoms with van der Waals surface area (Å²) in [5.74, 6) is 0.239. The molecule has 0 bridgehead atoms. The van der Waals surface area contributed by atoms with Crippen molar-refractivity contribution < 1.29 is 8.42 Å². The smallest absolute Gasteiger partial charge is 0.241 e. The number of nitrogens with two attached hydrogens (primary N) is 1. The average Bonchev–Trinajstić information content (AvgIpc) is 2.38. The lowest BCUT2D eigenvalue weighted by Crippen LogP contribution is -2.44. The number of nitrogens with one attached hydrogen (secondary N) is 1. The molecule has 3 N–H and O–H groups in total. The first-order chi connectivity index (χ1) is 9.44. The van der Waals surface area contributed by atoms with Gasteiger partial charge in [-0.15, -0.1) is 12.4 Å². The van der Waals surface area contributed by atoms with Gasteiger partial charge in [0.2, 0.25) is 10.0 Å². The second-order valence-electron chi connectivity index (χ2n) is 5.44. The van der Waals surface area contributed by atoms with Crippen molar-refractivity contribution in [3.05, 3.63) is 28.2 Å². The summed E-state index contributed by atoms with van der Waals surface area (Å²) in [5.41, 5.74) is 6.78. The topological polar surface area (TPSA) is 72.2 Å². The molecule has 0 amide bonds. The van der Waals surface area contributed by atoms with E-state index in [-0.39, 0.29) is 24.4 Å². The summed E-state index contributed by atoms with van der Waals surface area (Å²) < 4.78 is 28.5. The van der Waals surface area contributed by atoms with Gasteiger partial charge >= 0.3 is 0 Å². The van der Waals surface area contributed by atoms with E-state index in [0.717, 1.165) is 31.2 Å². The van der Waals surface area contributed by atoms with Gasteiger partial charge in [-0.3, -0.25) is 0 Å². The molecule has 0 saturated heterocycles. The fourth-order valence-electron chi connectivity index (χ4n) is 2.73. The number of halogens is 2. The molecule has 0 radical (unpaired) electrons. The summed E-state index contributed by atoms with van der Waals surface area (Å²) in [7, 11) is -3.50. The lowest BCUT2D eigenvalue weighted by molar-refractivity contribution is 0.296. The minimum Gasteiger partial charge on any atom is -0.330 e. The second-order valence-corrected chi connectivity index (χ2v) is 7.98. The number of hydrogen-bond acceptors (Lipinski definition) is 3. The minimum atomic E-state index is -3.50. The SMILES string of the molecule is Cc1ccc(S(=O)(=O)NC2CCCCC2CN)c(Br)c1.Cl. The average molecular weight is 398 g/mol. The summed E-state index contributed by atoms with van der Waals surface area (Å²) in [6, 6.07) is 5.21. The van der Waals surface area contributed by atoms with Gasteiger partial charge in [-0.05, 0) is 65.9 Å². The molecule has 2 unspecified atom stereocenters. The number of hydrogen-bond donors (Lipinski definition) is 2. The Bertz CT molecular complexity index is 580. The summed E-state index contributed by atoms with van der Waals surface area (Å²) >= 11 is 3.34. The second kappa shape index (κ2) is 7.92. The number of rotatable bonds is 4. The normalized spacial score (nSPS) is 22.6. The first-order valence-corrected chi connectivity index (χ1v) is 9.20. The van der Waals surface area contributed by atoms with Crippen molar-refractivity contribution in [1.82, 2.24) is 4.72 Å². The van der Waals surface area contributed by atoms with Crippen molar-refractivity contribution in [2.75, 3.05) is 6.54 Å². The van der Waals surface area contributed by atoms with Crippen LogP contribution in [0, 0.1) is 12.8 Å². The van der Waals surface area contributed by atoms with Gasteiger partial charge in [-0.25, -0.2) is 13.1 Å². The van der Waals surface area contributed by atoms with Crippen LogP contribution in [0.3, 0.4) is 0 Å². The van der Waals surface area contributed by atoms with Crippen LogP contribution in [0.2, 0.25) is 0 Å². The van der Waals surface area contributed by atoms with E-state index in [1.807, 2.05) is 13.0 Å². The van der Waals surface area contributed by atoms with Gasteiger partial charge in [0.1, 0.15) is 0 Å². The molecular weight excluding hydrogens is 376 g/mol. The van der Waals surface area contributed by atoms with Crippen LogP contribution in [0.1, 0.15) is 31.2 Å². The molecule has 1 saturated carbocycles. The van der Waals surface area contributed by atoms with Gasteiger partial charge in [0, 0.05) is 10.5 Å². The van der Waals surface area contributed by atoms with E-state index in [1.54, 1.807) is 12.1 Å². The number of sulfonamides is 1. The Labute approximate surface area is 141 Å². The molecule has 4 nitrogen and oxygen atoms in total. The highest BCUT2D eigenvalue weighted by molar-refractivity contribution is 9.10. The lowest BCUT2D eigenvalue weighted by Gasteiger charge is -2.31. The van der Waals surface area contributed by atoms with Gasteiger partial charge in [0.05, 0.1) is 4.90 Å². The molecule has 0 heterocycles. The number of aryl methyl sites for hydroxylation is 1. The van der Waals surface area contributed by atoms with E-state index < -0.39 is 10.0 Å². The Morgan fingerprint density at radius 1 is 1.33 bits per heavy atom. The fourth-order valence-corrected chi connectivity index (χ4v) is 5.26. The van der Waals surface area contributed by atoms with Crippen LogP contribution >= 0.6 is 28.3 Å². The van der Waals surface area contributed by atoms with Crippen molar-refractivity contribution >= 4 is 38.4 Å². The van der Waals surface area contributed by atoms with Gasteiger partial charge in [0.25, 0.3) is 0 Å². The van der Waals surface area contributed by atoms with Crippen LogP contribution in [0.5, 0.6) is 0 Å². The molecule has 1 aliphatic carbocycles. The zero-order chi connectivity index (χ0) is 14.8. The molecule has 0 aromatic heterocycles. The fraction of sp³-hybridized carbons (Fsp3) is 0.571. The van der Waals surface area contributed by atoms with Gasteiger partial charge < -0.3 is 5.73 Å². The maximum atomic E-state index is 12.5. The maximum Gasteiger partial charge on any atom is 0.241 e. The van der Waals surface area contributed by atoms with Crippen LogP contribution in [0.15, 0.2) is 27.6 Å². The zero-order valence-corrected chi connectivity index (χ0v) is 15.2. The summed E-state index contributed by atoms with van der Waals surface area (Å²) in [5, 5.41) is 0. The van der Waals surface area contributed by atoms with Crippen molar-refractivity contribution in [2.45, 2.75) is 43.5 Å². The quantitative estimate of drug-likeness (QED) is 0.820. The molecule has 21 heavy (non-hydrogen) atoms. The Balaban J connectivity index is 0.00000220. The Kier molecular flexibility index (Phi) is 7.13. The van der Waals surface area contributed by atoms with Crippen molar-refractivity contribution in [2.24, 2.45) is 11.7 Å². The number of benzene rings is 1. The highest BCUT2D eigenvalue weighted by Gasteiger charge is 2.29. The summed E-state index contributed by atoms with van der Waals surface area (Å²) in [4.78, 5) is 0.296. The molecule has 0 spiro atoms. The van der Waals surface area contributed by atoms with E-state index in [4.69, 9.17) is 5.73 Å². The molecule has 0 aliphatic heterocycles. The van der Waals surface area contributed by atoms with Crippen molar-refractivity contribution in [3.63, 3.8) is 0 Å². The van der Waals surface area contributed by atoms with Gasteiger partial charge in [0.15, 0.2) is 0 Å². The maximum absolute atomic E-state index is 12.5. The van der Waals surface area contributed by atoms with Crippen LogP contribution < -0.4 is 10.5 Å². The third-order valence-electron chi connectivity index (χ3n) is 3.90. The van der Waals surface area contributed by atoms with E-state index in [2.05, 4.69) is 20.7 Å². The highest BCUT2D eigenvalue weighted by atomic mass is 79.9. The van der Waals surface area contributed by atoms with E-state index in [1.165, 1.54) is 0 Å². The first-order valence-electron chi connectivity index (χ1n) is 6.92. The molecular formula is C14H22BrClN2O2S. The van der Waals surface area contributed by atoms with Crippen LogP contribution in [-0.4, -0.2) is 21.0 Å². The first kappa shape index (κ1) is 18.9. The molecule has 2 rings (SSSR count). The molecule has 1 aromatic carbocycles. The van der Waals surface area contributed by atoms with Crippen LogP contribution in [0.4, 0.5) is 0 Å². The Morgan fingerprint density at radius 3 is 2.62 bits per heavy atom. The van der Waals surface area contributed by atoms with Gasteiger partial charge in [-0.1, -0.05) is 18.9 Å². The Morgan fingerprint density at radius 2 is 2.00 bits per heavy atom. The predicted molar refractivity (Wildman–Crippen MR) is 91.2 cm³/mol.